The molecule has 0 aliphatic carbocycles. The van der Waals surface area contributed by atoms with Crippen LogP contribution < -0.4 is 5.32 Å². The fourth-order valence-electron chi connectivity index (χ4n) is 2.30. The van der Waals surface area contributed by atoms with Gasteiger partial charge < -0.3 is 5.32 Å². The summed E-state index contributed by atoms with van der Waals surface area (Å²) in [5.74, 6) is 0.257. The summed E-state index contributed by atoms with van der Waals surface area (Å²) in [6, 6.07) is 14.3. The highest BCUT2D eigenvalue weighted by atomic mass is 16.1. The second-order valence-corrected chi connectivity index (χ2v) is 5.20. The number of ketones is 1. The Morgan fingerprint density at radius 3 is 2.57 bits per heavy atom. The van der Waals surface area contributed by atoms with Crippen LogP contribution in [0.5, 0.6) is 0 Å². The van der Waals surface area contributed by atoms with Gasteiger partial charge in [-0.15, -0.1) is 0 Å². The number of nitrogens with one attached hydrogen (secondary N) is 1. The molecule has 3 nitrogen and oxygen atoms in total. The largest absolute Gasteiger partial charge is 0.356 e. The predicted octanol–water partition coefficient (Wildman–Crippen LogP) is 3.26. The van der Waals surface area contributed by atoms with Gasteiger partial charge in [0.2, 0.25) is 5.91 Å². The molecule has 0 spiro atoms. The van der Waals surface area contributed by atoms with Crippen LogP contribution in [0, 0.1) is 0 Å². The van der Waals surface area contributed by atoms with Crippen LogP contribution in [-0.4, -0.2) is 18.2 Å². The van der Waals surface area contributed by atoms with Gasteiger partial charge in [-0.3, -0.25) is 9.59 Å². The van der Waals surface area contributed by atoms with E-state index in [2.05, 4.69) is 29.6 Å². The molecular formula is C18H21NO2. The number of rotatable bonds is 7. The van der Waals surface area contributed by atoms with Crippen LogP contribution in [0.3, 0.4) is 0 Å². The lowest BCUT2D eigenvalue weighted by atomic mass is 10.0. The van der Waals surface area contributed by atoms with Gasteiger partial charge in [0.25, 0.3) is 0 Å². The first kappa shape index (κ1) is 15.2. The van der Waals surface area contributed by atoms with Crippen LogP contribution in [0.1, 0.15) is 31.7 Å². The van der Waals surface area contributed by atoms with Crippen LogP contribution >= 0.6 is 0 Å². The number of fused-ring (bicyclic) bond motifs is 1. The van der Waals surface area contributed by atoms with Crippen molar-refractivity contribution in [2.24, 2.45) is 0 Å². The summed E-state index contributed by atoms with van der Waals surface area (Å²) in [7, 11) is 0. The van der Waals surface area contributed by atoms with E-state index >= 15 is 0 Å². The number of Topliss-reactive ketones (excluding diaryl/α,β-unsaturated/α-hetero) is 1. The van der Waals surface area contributed by atoms with Crippen LogP contribution in [0.2, 0.25) is 0 Å². The van der Waals surface area contributed by atoms with Gasteiger partial charge in [-0.25, -0.2) is 0 Å². The van der Waals surface area contributed by atoms with E-state index in [0.29, 0.717) is 32.2 Å². The number of hydrogen-bond donors (Lipinski definition) is 1. The molecule has 110 valence electrons. The van der Waals surface area contributed by atoms with Gasteiger partial charge in [-0.2, -0.15) is 0 Å². The third-order valence-corrected chi connectivity index (χ3v) is 3.49. The fraction of sp³-hybridized carbons (Fsp3) is 0.333. The van der Waals surface area contributed by atoms with Crippen molar-refractivity contribution in [3.8, 4) is 0 Å². The third kappa shape index (κ3) is 4.71. The van der Waals surface area contributed by atoms with E-state index < -0.39 is 0 Å². The molecule has 0 aliphatic rings. The van der Waals surface area contributed by atoms with Crippen molar-refractivity contribution in [3.05, 3.63) is 48.0 Å². The molecule has 1 N–H and O–H groups in total. The fourth-order valence-corrected chi connectivity index (χ4v) is 2.30. The van der Waals surface area contributed by atoms with Gasteiger partial charge in [0.05, 0.1) is 0 Å². The Kier molecular flexibility index (Phi) is 5.50. The van der Waals surface area contributed by atoms with Crippen LogP contribution in [-0.2, 0) is 16.0 Å². The van der Waals surface area contributed by atoms with Gasteiger partial charge in [0, 0.05) is 25.8 Å². The normalized spacial score (nSPS) is 10.5. The minimum atomic E-state index is 0.0389. The molecule has 2 rings (SSSR count). The van der Waals surface area contributed by atoms with E-state index in [1.807, 2.05) is 25.1 Å². The Labute approximate surface area is 125 Å². The maximum Gasteiger partial charge on any atom is 0.219 e. The predicted molar refractivity (Wildman–Crippen MR) is 85.2 cm³/mol. The molecule has 0 saturated heterocycles. The third-order valence-electron chi connectivity index (χ3n) is 3.49. The zero-order valence-corrected chi connectivity index (χ0v) is 12.4. The zero-order valence-electron chi connectivity index (χ0n) is 12.4. The minimum Gasteiger partial charge on any atom is -0.356 e. The van der Waals surface area contributed by atoms with Crippen molar-refractivity contribution in [3.63, 3.8) is 0 Å². The highest BCUT2D eigenvalue weighted by Crippen LogP contribution is 2.16. The molecule has 0 radical (unpaired) electrons. The Morgan fingerprint density at radius 2 is 1.81 bits per heavy atom. The van der Waals surface area contributed by atoms with E-state index in [-0.39, 0.29) is 11.7 Å². The molecule has 0 aromatic heterocycles. The molecule has 21 heavy (non-hydrogen) atoms. The van der Waals surface area contributed by atoms with Gasteiger partial charge in [-0.1, -0.05) is 49.4 Å². The van der Waals surface area contributed by atoms with Crippen LogP contribution in [0.4, 0.5) is 0 Å². The standard InChI is InChI=1S/C18H21NO2/c1-2-18(21)19-11-5-8-17(20)13-14-9-10-15-6-3-4-7-16(15)12-14/h3-4,6-7,9-10,12H,2,5,8,11,13H2,1H3,(H,19,21). The van der Waals surface area contributed by atoms with E-state index in [0.717, 1.165) is 10.9 Å². The molecule has 3 heteroatoms. The summed E-state index contributed by atoms with van der Waals surface area (Å²) >= 11 is 0. The molecular weight excluding hydrogens is 262 g/mol. The SMILES string of the molecule is CCC(=O)NCCCC(=O)Cc1ccc2ccccc2c1. The second-order valence-electron chi connectivity index (χ2n) is 5.20. The smallest absolute Gasteiger partial charge is 0.219 e. The topological polar surface area (TPSA) is 46.2 Å². The summed E-state index contributed by atoms with van der Waals surface area (Å²) in [6.07, 6.45) is 2.17. The first-order valence-corrected chi connectivity index (χ1v) is 7.45. The summed E-state index contributed by atoms with van der Waals surface area (Å²) in [6.45, 7) is 2.40. The average Bonchev–Trinajstić information content (AvgIpc) is 2.51. The van der Waals surface area contributed by atoms with Crippen molar-refractivity contribution in [2.75, 3.05) is 6.54 Å². The monoisotopic (exact) mass is 283 g/mol. The van der Waals surface area contributed by atoms with E-state index in [1.165, 1.54) is 5.39 Å². The maximum atomic E-state index is 12.0. The first-order chi connectivity index (χ1) is 10.2. The molecule has 1 amide bonds. The molecule has 0 bridgehead atoms. The second kappa shape index (κ2) is 7.58. The van der Waals surface area contributed by atoms with Gasteiger partial charge >= 0.3 is 0 Å². The molecule has 0 fully saturated rings. The van der Waals surface area contributed by atoms with Gasteiger partial charge in [-0.05, 0) is 22.8 Å². The Hall–Kier alpha value is -2.16. The summed E-state index contributed by atoms with van der Waals surface area (Å²) in [5.41, 5.74) is 1.05. The molecule has 0 heterocycles. The van der Waals surface area contributed by atoms with Crippen molar-refractivity contribution in [1.29, 1.82) is 0 Å². The zero-order chi connectivity index (χ0) is 15.1. The van der Waals surface area contributed by atoms with E-state index in [9.17, 15) is 9.59 Å². The number of benzene rings is 2. The van der Waals surface area contributed by atoms with Crippen molar-refractivity contribution >= 4 is 22.5 Å². The van der Waals surface area contributed by atoms with Crippen molar-refractivity contribution < 1.29 is 9.59 Å². The minimum absolute atomic E-state index is 0.0389. The molecule has 0 atom stereocenters. The van der Waals surface area contributed by atoms with E-state index in [1.54, 1.807) is 0 Å². The van der Waals surface area contributed by atoms with Crippen molar-refractivity contribution in [2.45, 2.75) is 32.6 Å². The Bertz CT molecular complexity index is 634. The lowest BCUT2D eigenvalue weighted by Crippen LogP contribution is -2.23. The Balaban J connectivity index is 1.82. The van der Waals surface area contributed by atoms with Gasteiger partial charge in [0.1, 0.15) is 5.78 Å². The molecule has 0 saturated carbocycles. The molecule has 0 aliphatic heterocycles. The number of carbonyl (C=O) groups is 2. The van der Waals surface area contributed by atoms with Gasteiger partial charge in [0.15, 0.2) is 0 Å². The van der Waals surface area contributed by atoms with E-state index in [4.69, 9.17) is 0 Å². The highest BCUT2D eigenvalue weighted by Gasteiger charge is 2.05. The summed E-state index contributed by atoms with van der Waals surface area (Å²) in [4.78, 5) is 23.0. The summed E-state index contributed by atoms with van der Waals surface area (Å²) < 4.78 is 0. The lowest BCUT2D eigenvalue weighted by molar-refractivity contribution is -0.121. The average molecular weight is 283 g/mol. The number of hydrogen-bond acceptors (Lipinski definition) is 2. The van der Waals surface area contributed by atoms with Crippen molar-refractivity contribution in [1.82, 2.24) is 5.32 Å². The quantitative estimate of drug-likeness (QED) is 0.793. The Morgan fingerprint density at radius 1 is 1.05 bits per heavy atom. The summed E-state index contributed by atoms with van der Waals surface area (Å²) in [5, 5.41) is 5.14. The lowest BCUT2D eigenvalue weighted by Gasteiger charge is -2.05. The molecule has 2 aromatic carbocycles. The number of carbonyl (C=O) groups excluding carboxylic acids is 2. The highest BCUT2D eigenvalue weighted by molar-refractivity contribution is 5.86. The molecule has 0 unspecified atom stereocenters. The van der Waals surface area contributed by atoms with Crippen LogP contribution in [0.25, 0.3) is 10.8 Å². The number of amides is 1. The first-order valence-electron chi connectivity index (χ1n) is 7.45. The molecule has 2 aromatic rings. The maximum absolute atomic E-state index is 12.0. The van der Waals surface area contributed by atoms with Crippen LogP contribution in [0.15, 0.2) is 42.5 Å².